The van der Waals surface area contributed by atoms with Crippen molar-refractivity contribution in [2.45, 2.75) is 13.0 Å². The summed E-state index contributed by atoms with van der Waals surface area (Å²) in [6.07, 6.45) is 8.49. The molecule has 3 rings (SSSR count). The van der Waals surface area contributed by atoms with Crippen molar-refractivity contribution >= 4 is 12.2 Å². The lowest BCUT2D eigenvalue weighted by Crippen LogP contribution is -2.24. The number of aromatic nitrogens is 1. The van der Waals surface area contributed by atoms with Gasteiger partial charge in [0.05, 0.1) is 11.3 Å². The minimum absolute atomic E-state index is 0.465. The molecule has 1 fully saturated rings. The molecule has 2 aromatic rings. The Kier molecular flexibility index (Phi) is 7.36. The van der Waals surface area contributed by atoms with E-state index in [-0.39, 0.29) is 0 Å². The highest BCUT2D eigenvalue weighted by Crippen LogP contribution is 2.20. The van der Waals surface area contributed by atoms with Crippen LogP contribution in [0.2, 0.25) is 0 Å². The molecule has 1 saturated heterocycles. The van der Waals surface area contributed by atoms with E-state index in [0.29, 0.717) is 23.8 Å². The predicted octanol–water partition coefficient (Wildman–Crippen LogP) is 3.39. The molecular weight excluding hydrogens is 348 g/mol. The van der Waals surface area contributed by atoms with Gasteiger partial charge in [0, 0.05) is 12.7 Å². The Hall–Kier alpha value is -2.94. The lowest BCUT2D eigenvalue weighted by molar-refractivity contribution is 0.362. The summed E-state index contributed by atoms with van der Waals surface area (Å²) in [5.74, 6) is 1.51. The van der Waals surface area contributed by atoms with Gasteiger partial charge < -0.3 is 15.4 Å². The zero-order chi connectivity index (χ0) is 19.6. The normalized spacial score (nSPS) is 16.2. The molecule has 0 spiro atoms. The molecule has 0 aliphatic carbocycles. The number of nitrogens with one attached hydrogen (secondary N) is 2. The molecule has 0 amide bonds. The Morgan fingerprint density at radius 1 is 1.36 bits per heavy atom. The average Bonchev–Trinajstić information content (AvgIpc) is 3.24. The van der Waals surface area contributed by atoms with Crippen LogP contribution in [0.1, 0.15) is 28.8 Å². The highest BCUT2D eigenvalue weighted by atomic mass is 16.5. The van der Waals surface area contributed by atoms with E-state index in [1.165, 1.54) is 6.42 Å². The molecule has 0 radical (unpaired) electrons. The minimum atomic E-state index is 0.465. The van der Waals surface area contributed by atoms with Crippen LogP contribution in [0.3, 0.4) is 0 Å². The third-order valence-electron chi connectivity index (χ3n) is 4.67. The van der Waals surface area contributed by atoms with E-state index in [4.69, 9.17) is 4.74 Å². The first-order chi connectivity index (χ1) is 13.8. The molecule has 28 heavy (non-hydrogen) atoms. The molecule has 5 nitrogen and oxygen atoms in total. The fourth-order valence-electron chi connectivity index (χ4n) is 3.25. The lowest BCUT2D eigenvalue weighted by Gasteiger charge is -2.12. The maximum atomic E-state index is 9.22. The number of nitriles is 1. The molecule has 0 bridgehead atoms. The molecule has 1 aromatic carbocycles. The van der Waals surface area contributed by atoms with Crippen LogP contribution in [0.4, 0.5) is 0 Å². The zero-order valence-electron chi connectivity index (χ0n) is 16.0. The third-order valence-corrected chi connectivity index (χ3v) is 4.67. The fourth-order valence-corrected chi connectivity index (χ4v) is 3.25. The molecule has 2 N–H and O–H groups in total. The standard InChI is InChI=1S/C23H26N4O/c1-2-10-28-22-12-18(5-6-23-21(14-24)4-3-8-27-23)11-20(13-22)17-26-16-19-7-9-25-15-19/h2-6,8,11-13,19,25-26H,1,7,9-10,15-17H2/b6-5+. The Morgan fingerprint density at radius 2 is 2.29 bits per heavy atom. The maximum Gasteiger partial charge on any atom is 0.120 e. The van der Waals surface area contributed by atoms with Gasteiger partial charge in [0.2, 0.25) is 0 Å². The highest BCUT2D eigenvalue weighted by molar-refractivity contribution is 5.71. The maximum absolute atomic E-state index is 9.22. The summed E-state index contributed by atoms with van der Waals surface area (Å²) in [6.45, 7) is 8.18. The van der Waals surface area contributed by atoms with Crippen molar-refractivity contribution in [2.24, 2.45) is 5.92 Å². The molecule has 1 aliphatic rings. The second kappa shape index (κ2) is 10.4. The highest BCUT2D eigenvalue weighted by Gasteiger charge is 2.13. The zero-order valence-corrected chi connectivity index (χ0v) is 16.0. The summed E-state index contributed by atoms with van der Waals surface area (Å²) in [5, 5.41) is 16.2. The minimum Gasteiger partial charge on any atom is -0.490 e. The van der Waals surface area contributed by atoms with E-state index in [2.05, 4.69) is 40.4 Å². The van der Waals surface area contributed by atoms with E-state index < -0.39 is 0 Å². The molecule has 5 heteroatoms. The van der Waals surface area contributed by atoms with E-state index in [9.17, 15) is 5.26 Å². The van der Waals surface area contributed by atoms with Gasteiger partial charge in [-0.15, -0.1) is 0 Å². The van der Waals surface area contributed by atoms with Crippen LogP contribution in [-0.4, -0.2) is 31.2 Å². The van der Waals surface area contributed by atoms with Crippen molar-refractivity contribution in [2.75, 3.05) is 26.2 Å². The van der Waals surface area contributed by atoms with Crippen LogP contribution in [0.15, 0.2) is 49.2 Å². The Labute approximate surface area is 166 Å². The fraction of sp³-hybridized carbons (Fsp3) is 0.304. The molecule has 1 aromatic heterocycles. The average molecular weight is 374 g/mol. The summed E-state index contributed by atoms with van der Waals surface area (Å²) < 4.78 is 5.76. The first-order valence-electron chi connectivity index (χ1n) is 9.61. The van der Waals surface area contributed by atoms with Crippen molar-refractivity contribution in [3.05, 3.63) is 71.6 Å². The largest absolute Gasteiger partial charge is 0.490 e. The van der Waals surface area contributed by atoms with Gasteiger partial charge in [-0.25, -0.2) is 0 Å². The molecule has 2 heterocycles. The Morgan fingerprint density at radius 3 is 3.07 bits per heavy atom. The quantitative estimate of drug-likeness (QED) is 0.659. The predicted molar refractivity (Wildman–Crippen MR) is 113 cm³/mol. The van der Waals surface area contributed by atoms with Gasteiger partial charge in [0.15, 0.2) is 0 Å². The summed E-state index contributed by atoms with van der Waals surface area (Å²) >= 11 is 0. The second-order valence-corrected chi connectivity index (χ2v) is 6.88. The second-order valence-electron chi connectivity index (χ2n) is 6.88. The summed E-state index contributed by atoms with van der Waals surface area (Å²) in [7, 11) is 0. The number of ether oxygens (including phenoxy) is 1. The summed E-state index contributed by atoms with van der Waals surface area (Å²) in [5.41, 5.74) is 3.39. The van der Waals surface area contributed by atoms with Crippen molar-refractivity contribution in [1.29, 1.82) is 5.26 Å². The third kappa shape index (κ3) is 5.78. The van der Waals surface area contributed by atoms with Gasteiger partial charge in [-0.1, -0.05) is 24.8 Å². The molecular formula is C23H26N4O. The van der Waals surface area contributed by atoms with E-state index in [1.807, 2.05) is 18.2 Å². The number of pyridine rings is 1. The van der Waals surface area contributed by atoms with Gasteiger partial charge >= 0.3 is 0 Å². The molecule has 144 valence electrons. The van der Waals surface area contributed by atoms with E-state index >= 15 is 0 Å². The molecule has 1 unspecified atom stereocenters. The molecule has 0 saturated carbocycles. The van der Waals surface area contributed by atoms with Crippen LogP contribution >= 0.6 is 0 Å². The van der Waals surface area contributed by atoms with Crippen molar-refractivity contribution in [3.63, 3.8) is 0 Å². The summed E-state index contributed by atoms with van der Waals surface area (Å²) in [4.78, 5) is 4.28. The van der Waals surface area contributed by atoms with E-state index in [1.54, 1.807) is 24.4 Å². The first kappa shape index (κ1) is 19.8. The van der Waals surface area contributed by atoms with Crippen molar-refractivity contribution in [1.82, 2.24) is 15.6 Å². The van der Waals surface area contributed by atoms with Crippen molar-refractivity contribution in [3.8, 4) is 11.8 Å². The number of benzene rings is 1. The Bertz CT molecular complexity index is 863. The number of hydrogen-bond acceptors (Lipinski definition) is 5. The topological polar surface area (TPSA) is 70.0 Å². The molecule has 1 aliphatic heterocycles. The van der Waals surface area contributed by atoms with Gasteiger partial charge in [-0.3, -0.25) is 4.98 Å². The SMILES string of the molecule is C=CCOc1cc(/C=C/c2ncccc2C#N)cc(CNCC2CCNC2)c1. The van der Waals surface area contributed by atoms with Crippen LogP contribution in [-0.2, 0) is 6.54 Å². The Balaban J connectivity index is 1.73. The summed E-state index contributed by atoms with van der Waals surface area (Å²) in [6, 6.07) is 11.9. The first-order valence-corrected chi connectivity index (χ1v) is 9.61. The van der Waals surface area contributed by atoms with Crippen LogP contribution < -0.4 is 15.4 Å². The monoisotopic (exact) mass is 374 g/mol. The molecule has 1 atom stereocenters. The van der Waals surface area contributed by atoms with Gasteiger partial charge in [-0.2, -0.15) is 5.26 Å². The number of nitrogens with zero attached hydrogens (tertiary/aromatic N) is 2. The van der Waals surface area contributed by atoms with Gasteiger partial charge in [-0.05, 0) is 73.4 Å². The van der Waals surface area contributed by atoms with Crippen molar-refractivity contribution < 1.29 is 4.74 Å². The number of hydrogen-bond donors (Lipinski definition) is 2. The smallest absolute Gasteiger partial charge is 0.120 e. The van der Waals surface area contributed by atoms with Crippen LogP contribution in [0.5, 0.6) is 5.75 Å². The van der Waals surface area contributed by atoms with Crippen LogP contribution in [0.25, 0.3) is 12.2 Å². The number of rotatable bonds is 9. The van der Waals surface area contributed by atoms with Gasteiger partial charge in [0.25, 0.3) is 0 Å². The van der Waals surface area contributed by atoms with E-state index in [0.717, 1.165) is 43.1 Å². The van der Waals surface area contributed by atoms with Crippen LogP contribution in [0, 0.1) is 17.2 Å². The van der Waals surface area contributed by atoms with Gasteiger partial charge in [0.1, 0.15) is 18.4 Å². The lowest BCUT2D eigenvalue weighted by atomic mass is 10.1.